The summed E-state index contributed by atoms with van der Waals surface area (Å²) in [6, 6.07) is 24.1. The fraction of sp³-hybridized carbons (Fsp3) is 0.231. The summed E-state index contributed by atoms with van der Waals surface area (Å²) in [7, 11) is 0. The normalized spacial score (nSPS) is 11.2. The summed E-state index contributed by atoms with van der Waals surface area (Å²) < 4.78 is 7.70. The van der Waals surface area contributed by atoms with Crippen molar-refractivity contribution in [3.63, 3.8) is 0 Å². The molecule has 0 saturated heterocycles. The molecule has 0 amide bonds. The SMILES string of the molecule is Cc1ccccc1Cn1c(SCC(=O)Oc2ccc(C(C)C)cc2)nc2ccccc21. The second-order valence-electron chi connectivity index (χ2n) is 7.88. The van der Waals surface area contributed by atoms with Crippen LogP contribution >= 0.6 is 11.8 Å². The number of rotatable bonds is 7. The largest absolute Gasteiger partial charge is 0.426 e. The molecule has 0 fully saturated rings. The number of hydrogen-bond acceptors (Lipinski definition) is 4. The zero-order valence-corrected chi connectivity index (χ0v) is 18.9. The summed E-state index contributed by atoms with van der Waals surface area (Å²) in [4.78, 5) is 17.2. The quantitative estimate of drug-likeness (QED) is 0.198. The number of para-hydroxylation sites is 2. The molecule has 4 aromatic rings. The summed E-state index contributed by atoms with van der Waals surface area (Å²) in [5, 5.41) is 0.816. The molecule has 0 saturated carbocycles. The number of ether oxygens (including phenoxy) is 1. The number of esters is 1. The highest BCUT2D eigenvalue weighted by molar-refractivity contribution is 7.99. The first-order chi connectivity index (χ1) is 15.0. The van der Waals surface area contributed by atoms with E-state index in [9.17, 15) is 4.79 Å². The molecule has 5 heteroatoms. The third-order valence-electron chi connectivity index (χ3n) is 5.31. The Labute approximate surface area is 187 Å². The molecule has 0 radical (unpaired) electrons. The molecule has 0 N–H and O–H groups in total. The highest BCUT2D eigenvalue weighted by atomic mass is 32.2. The second-order valence-corrected chi connectivity index (χ2v) is 8.82. The molecule has 0 aliphatic rings. The van der Waals surface area contributed by atoms with Gasteiger partial charge in [-0.3, -0.25) is 4.79 Å². The molecule has 4 rings (SSSR count). The molecule has 0 aliphatic carbocycles. The van der Waals surface area contributed by atoms with Crippen LogP contribution in [0, 0.1) is 6.92 Å². The van der Waals surface area contributed by atoms with E-state index in [2.05, 4.69) is 49.6 Å². The molecule has 1 heterocycles. The Hall–Kier alpha value is -3.05. The van der Waals surface area contributed by atoms with E-state index < -0.39 is 0 Å². The van der Waals surface area contributed by atoms with Gasteiger partial charge in [-0.2, -0.15) is 0 Å². The minimum atomic E-state index is -0.281. The maximum Gasteiger partial charge on any atom is 0.321 e. The van der Waals surface area contributed by atoms with E-state index >= 15 is 0 Å². The standard InChI is InChI=1S/C26H26N2O2S/c1-18(2)20-12-14-22(15-13-20)30-25(29)17-31-26-27-23-10-6-7-11-24(23)28(26)16-21-9-5-4-8-19(21)3/h4-15,18H,16-17H2,1-3H3. The van der Waals surface area contributed by atoms with Crippen molar-refractivity contribution in [1.29, 1.82) is 0 Å². The van der Waals surface area contributed by atoms with Crippen molar-refractivity contribution in [2.75, 3.05) is 5.75 Å². The van der Waals surface area contributed by atoms with Crippen molar-refractivity contribution < 1.29 is 9.53 Å². The predicted molar refractivity (Wildman–Crippen MR) is 127 cm³/mol. The molecule has 0 unspecified atom stereocenters. The van der Waals surface area contributed by atoms with Gasteiger partial charge >= 0.3 is 5.97 Å². The summed E-state index contributed by atoms with van der Waals surface area (Å²) >= 11 is 1.41. The lowest BCUT2D eigenvalue weighted by Crippen LogP contribution is -2.12. The topological polar surface area (TPSA) is 44.1 Å². The van der Waals surface area contributed by atoms with Gasteiger partial charge in [0.25, 0.3) is 0 Å². The van der Waals surface area contributed by atoms with Crippen LogP contribution in [0.2, 0.25) is 0 Å². The number of nitrogens with zero attached hydrogens (tertiary/aromatic N) is 2. The number of carbonyl (C=O) groups excluding carboxylic acids is 1. The third-order valence-corrected chi connectivity index (χ3v) is 6.26. The number of thioether (sulfide) groups is 1. The maximum atomic E-state index is 12.5. The molecule has 31 heavy (non-hydrogen) atoms. The van der Waals surface area contributed by atoms with Crippen LogP contribution in [0.3, 0.4) is 0 Å². The number of aromatic nitrogens is 2. The molecule has 158 valence electrons. The van der Waals surface area contributed by atoms with E-state index in [1.807, 2.05) is 48.5 Å². The highest BCUT2D eigenvalue weighted by Gasteiger charge is 2.15. The smallest absolute Gasteiger partial charge is 0.321 e. The number of benzene rings is 3. The summed E-state index contributed by atoms with van der Waals surface area (Å²) in [5.41, 5.74) is 5.68. The first kappa shape index (κ1) is 21.2. The van der Waals surface area contributed by atoms with Crippen LogP contribution in [-0.2, 0) is 11.3 Å². The average molecular weight is 431 g/mol. The average Bonchev–Trinajstić information content (AvgIpc) is 3.12. The number of carbonyl (C=O) groups is 1. The fourth-order valence-corrected chi connectivity index (χ4v) is 4.27. The zero-order chi connectivity index (χ0) is 21.8. The van der Waals surface area contributed by atoms with E-state index in [-0.39, 0.29) is 11.7 Å². The first-order valence-corrected chi connectivity index (χ1v) is 11.4. The monoisotopic (exact) mass is 430 g/mol. The first-order valence-electron chi connectivity index (χ1n) is 10.4. The van der Waals surface area contributed by atoms with Crippen LogP contribution in [-0.4, -0.2) is 21.3 Å². The van der Waals surface area contributed by atoms with Gasteiger partial charge in [0.1, 0.15) is 5.75 Å². The highest BCUT2D eigenvalue weighted by Crippen LogP contribution is 2.26. The second kappa shape index (κ2) is 9.40. The van der Waals surface area contributed by atoms with Gasteiger partial charge in [-0.15, -0.1) is 0 Å². The van der Waals surface area contributed by atoms with Gasteiger partial charge in [-0.1, -0.05) is 74.1 Å². The van der Waals surface area contributed by atoms with E-state index in [4.69, 9.17) is 9.72 Å². The van der Waals surface area contributed by atoms with Gasteiger partial charge in [0.05, 0.1) is 23.3 Å². The molecule has 0 atom stereocenters. The molecular weight excluding hydrogens is 404 g/mol. The van der Waals surface area contributed by atoms with Gasteiger partial charge < -0.3 is 9.30 Å². The zero-order valence-electron chi connectivity index (χ0n) is 18.0. The van der Waals surface area contributed by atoms with Gasteiger partial charge in [-0.25, -0.2) is 4.98 Å². The number of aryl methyl sites for hydroxylation is 1. The Bertz CT molecular complexity index is 1200. The van der Waals surface area contributed by atoms with Crippen molar-refractivity contribution in [1.82, 2.24) is 9.55 Å². The molecular formula is C26H26N2O2S. The maximum absolute atomic E-state index is 12.5. The van der Waals surface area contributed by atoms with Crippen LogP contribution in [0.5, 0.6) is 5.75 Å². The van der Waals surface area contributed by atoms with Gasteiger partial charge in [0.2, 0.25) is 0 Å². The van der Waals surface area contributed by atoms with Crippen molar-refractivity contribution in [3.05, 3.63) is 89.5 Å². The Kier molecular flexibility index (Phi) is 6.42. The van der Waals surface area contributed by atoms with Gasteiger partial charge in [-0.05, 0) is 53.8 Å². The van der Waals surface area contributed by atoms with Gasteiger partial charge in [0, 0.05) is 0 Å². The van der Waals surface area contributed by atoms with E-state index in [0.29, 0.717) is 18.2 Å². The number of imidazole rings is 1. The summed E-state index contributed by atoms with van der Waals surface area (Å²) in [6.45, 7) is 7.10. The van der Waals surface area contributed by atoms with E-state index in [1.54, 1.807) is 0 Å². The Morgan fingerprint density at radius 3 is 2.45 bits per heavy atom. The molecule has 1 aromatic heterocycles. The van der Waals surface area contributed by atoms with Crippen molar-refractivity contribution >= 4 is 28.8 Å². The minimum Gasteiger partial charge on any atom is -0.426 e. The van der Waals surface area contributed by atoms with Crippen LogP contribution < -0.4 is 4.74 Å². The van der Waals surface area contributed by atoms with E-state index in [1.165, 1.54) is 28.5 Å². The molecule has 0 aliphatic heterocycles. The van der Waals surface area contributed by atoms with Crippen molar-refractivity contribution in [2.24, 2.45) is 0 Å². The minimum absolute atomic E-state index is 0.197. The molecule has 3 aromatic carbocycles. The number of fused-ring (bicyclic) bond motifs is 1. The Morgan fingerprint density at radius 1 is 1.00 bits per heavy atom. The van der Waals surface area contributed by atoms with Crippen LogP contribution in [0.4, 0.5) is 0 Å². The molecule has 0 spiro atoms. The van der Waals surface area contributed by atoms with Crippen molar-refractivity contribution in [2.45, 2.75) is 38.4 Å². The van der Waals surface area contributed by atoms with Gasteiger partial charge in [0.15, 0.2) is 5.16 Å². The fourth-order valence-electron chi connectivity index (χ4n) is 3.48. The third kappa shape index (κ3) is 5.00. The lowest BCUT2D eigenvalue weighted by molar-refractivity contribution is -0.131. The van der Waals surface area contributed by atoms with Crippen LogP contribution in [0.15, 0.2) is 78.0 Å². The van der Waals surface area contributed by atoms with Crippen molar-refractivity contribution in [3.8, 4) is 5.75 Å². The Morgan fingerprint density at radius 2 is 1.71 bits per heavy atom. The predicted octanol–water partition coefficient (Wildman–Crippen LogP) is 6.21. The molecule has 0 bridgehead atoms. The summed E-state index contributed by atoms with van der Waals surface area (Å²) in [6.07, 6.45) is 0. The van der Waals surface area contributed by atoms with Crippen LogP contribution in [0.1, 0.15) is 36.5 Å². The Balaban J connectivity index is 1.50. The molecule has 4 nitrogen and oxygen atoms in total. The lowest BCUT2D eigenvalue weighted by atomic mass is 10.0. The number of hydrogen-bond donors (Lipinski definition) is 0. The van der Waals surface area contributed by atoms with Crippen LogP contribution in [0.25, 0.3) is 11.0 Å². The summed E-state index contributed by atoms with van der Waals surface area (Å²) in [5.74, 6) is 0.935. The van der Waals surface area contributed by atoms with E-state index in [0.717, 1.165) is 16.2 Å². The lowest BCUT2D eigenvalue weighted by Gasteiger charge is -2.11.